The average molecular weight is 405 g/mol. The van der Waals surface area contributed by atoms with Gasteiger partial charge in [0.1, 0.15) is 6.10 Å². The fraction of sp³-hybridized carbons (Fsp3) is 0.429. The van der Waals surface area contributed by atoms with E-state index in [1.165, 1.54) is 0 Å². The summed E-state index contributed by atoms with van der Waals surface area (Å²) >= 11 is 6.02. The molecule has 28 heavy (non-hydrogen) atoms. The Kier molecular flexibility index (Phi) is 7.02. The second kappa shape index (κ2) is 9.47. The minimum Gasteiger partial charge on any atom is -0.633 e. The normalized spacial score (nSPS) is 23.3. The molecule has 0 radical (unpaired) electrons. The third-order valence-electron chi connectivity index (χ3n) is 5.13. The van der Waals surface area contributed by atoms with Crippen LogP contribution in [0.5, 0.6) is 0 Å². The highest BCUT2D eigenvalue weighted by molar-refractivity contribution is 6.30. The first-order chi connectivity index (χ1) is 13.5. The van der Waals surface area contributed by atoms with Crippen molar-refractivity contribution in [3.8, 4) is 0 Å². The minimum atomic E-state index is -0.856. The zero-order valence-corrected chi connectivity index (χ0v) is 16.4. The average Bonchev–Trinajstić information content (AvgIpc) is 2.69. The van der Waals surface area contributed by atoms with Gasteiger partial charge in [0, 0.05) is 30.5 Å². The van der Waals surface area contributed by atoms with Crippen LogP contribution in [0.4, 0.5) is 0 Å². The van der Waals surface area contributed by atoms with Gasteiger partial charge in [0.2, 0.25) is 0 Å². The highest BCUT2D eigenvalue weighted by atomic mass is 35.5. The second-order valence-corrected chi connectivity index (χ2v) is 7.68. The Labute approximate surface area is 169 Å². The number of rotatable bonds is 8. The molecular formula is C21H25ClN2O4. The molecule has 3 rings (SSSR count). The molecule has 0 amide bonds. The summed E-state index contributed by atoms with van der Waals surface area (Å²) in [6.07, 6.45) is 3.13. The van der Waals surface area contributed by atoms with E-state index in [-0.39, 0.29) is 23.3 Å². The predicted molar refractivity (Wildman–Crippen MR) is 107 cm³/mol. The largest absolute Gasteiger partial charge is 0.633 e. The van der Waals surface area contributed by atoms with Gasteiger partial charge < -0.3 is 19.7 Å². The van der Waals surface area contributed by atoms with Crippen molar-refractivity contribution in [3.63, 3.8) is 0 Å². The highest BCUT2D eigenvalue weighted by Crippen LogP contribution is 2.31. The number of aromatic nitrogens is 1. The number of nitrogens with zero attached hydrogens (tertiary/aromatic N) is 2. The minimum absolute atomic E-state index is 0.0395. The number of carbonyl (C=O) groups is 1. The molecule has 1 aliphatic rings. The summed E-state index contributed by atoms with van der Waals surface area (Å²) in [6.45, 7) is 1.24. The van der Waals surface area contributed by atoms with Gasteiger partial charge in [0.15, 0.2) is 0 Å². The molecule has 1 atom stereocenters. The maximum Gasteiger partial charge on any atom is 0.303 e. The van der Waals surface area contributed by atoms with E-state index in [1.54, 1.807) is 6.20 Å². The number of hydrogen-bond donors (Lipinski definition) is 1. The van der Waals surface area contributed by atoms with Gasteiger partial charge in [-0.05, 0) is 29.8 Å². The van der Waals surface area contributed by atoms with Crippen LogP contribution < -0.4 is 0 Å². The molecule has 6 nitrogen and oxygen atoms in total. The predicted octanol–water partition coefficient (Wildman–Crippen LogP) is 4.18. The lowest BCUT2D eigenvalue weighted by molar-refractivity contribution is -0.886. The number of pyridine rings is 1. The first-order valence-corrected chi connectivity index (χ1v) is 9.94. The lowest BCUT2D eigenvalue weighted by Gasteiger charge is -2.47. The fourth-order valence-electron chi connectivity index (χ4n) is 3.57. The number of hydrogen-bond acceptors (Lipinski definition) is 4. The quantitative estimate of drug-likeness (QED) is 0.527. The number of benzene rings is 1. The molecule has 1 aliphatic heterocycles. The Hall–Kier alpha value is -1.99. The van der Waals surface area contributed by atoms with Crippen LogP contribution in [0.2, 0.25) is 5.02 Å². The molecule has 0 unspecified atom stereocenters. The van der Waals surface area contributed by atoms with E-state index in [0.29, 0.717) is 43.9 Å². The molecule has 0 saturated carbocycles. The zero-order chi connectivity index (χ0) is 20.0. The van der Waals surface area contributed by atoms with Gasteiger partial charge in [0.05, 0.1) is 37.9 Å². The Bertz CT molecular complexity index is 762. The number of hydroxylamine groups is 3. The molecule has 0 bridgehead atoms. The highest BCUT2D eigenvalue weighted by Gasteiger charge is 2.30. The zero-order valence-electron chi connectivity index (χ0n) is 15.7. The summed E-state index contributed by atoms with van der Waals surface area (Å²) < 4.78 is 6.06. The third-order valence-corrected chi connectivity index (χ3v) is 5.38. The second-order valence-electron chi connectivity index (χ2n) is 7.25. The van der Waals surface area contributed by atoms with Gasteiger partial charge in [-0.15, -0.1) is 0 Å². The Balaban J connectivity index is 1.64. The van der Waals surface area contributed by atoms with Crippen molar-refractivity contribution < 1.29 is 19.3 Å². The van der Waals surface area contributed by atoms with Crippen LogP contribution >= 0.6 is 11.6 Å². The number of piperidine rings is 1. The third kappa shape index (κ3) is 5.75. The molecule has 1 fully saturated rings. The van der Waals surface area contributed by atoms with E-state index in [4.69, 9.17) is 21.4 Å². The van der Waals surface area contributed by atoms with Gasteiger partial charge in [0.25, 0.3) is 0 Å². The first-order valence-electron chi connectivity index (χ1n) is 9.56. The molecule has 1 N–H and O–H groups in total. The number of ether oxygens (including phenoxy) is 1. The van der Waals surface area contributed by atoms with Crippen molar-refractivity contribution in [2.24, 2.45) is 0 Å². The molecule has 150 valence electrons. The molecule has 1 aromatic carbocycles. The van der Waals surface area contributed by atoms with Gasteiger partial charge in [-0.2, -0.15) is 0 Å². The van der Waals surface area contributed by atoms with Crippen LogP contribution in [0.3, 0.4) is 0 Å². The number of carboxylic acids is 1. The number of carboxylic acid groups (broad SMARTS) is 1. The van der Waals surface area contributed by atoms with Crippen LogP contribution in [0.1, 0.15) is 43.0 Å². The van der Waals surface area contributed by atoms with Crippen molar-refractivity contribution in [1.82, 2.24) is 4.98 Å². The van der Waals surface area contributed by atoms with E-state index >= 15 is 0 Å². The summed E-state index contributed by atoms with van der Waals surface area (Å²) in [6, 6.07) is 13.3. The molecule has 2 aromatic rings. The number of quaternary nitrogens is 1. The van der Waals surface area contributed by atoms with E-state index in [9.17, 15) is 10.0 Å². The summed E-state index contributed by atoms with van der Waals surface area (Å²) in [5, 5.41) is 22.2. The SMILES string of the molecule is O=C(O)CCC[N+]1([O-])CCC(O[C@@H](c2ccc(Cl)cc2)c2ccccn2)CC1. The smallest absolute Gasteiger partial charge is 0.303 e. The molecule has 2 heterocycles. The Morgan fingerprint density at radius 3 is 2.57 bits per heavy atom. The van der Waals surface area contributed by atoms with E-state index < -0.39 is 5.97 Å². The number of aliphatic carboxylic acids is 1. The lowest BCUT2D eigenvalue weighted by Crippen LogP contribution is -2.50. The summed E-state index contributed by atoms with van der Waals surface area (Å²) in [5.74, 6) is -0.856. The van der Waals surface area contributed by atoms with Crippen LogP contribution in [-0.4, -0.2) is 46.4 Å². The number of halogens is 1. The standard InChI is InChI=1S/C21H25ClN2O4/c22-17-8-6-16(7-9-17)21(19-4-1-2-12-23-19)28-18-10-14-24(27,15-11-18)13-3-5-20(25)26/h1-2,4,6-9,12,18,21H,3,5,10-11,13-15H2,(H,25,26)/t18?,21-,24?/m0/s1. The maximum atomic E-state index is 12.8. The molecule has 0 aliphatic carbocycles. The van der Waals surface area contributed by atoms with Crippen LogP contribution in [0.15, 0.2) is 48.7 Å². The van der Waals surface area contributed by atoms with Crippen LogP contribution in [0, 0.1) is 5.21 Å². The van der Waals surface area contributed by atoms with E-state index in [2.05, 4.69) is 4.98 Å². The Morgan fingerprint density at radius 1 is 1.25 bits per heavy atom. The molecule has 0 spiro atoms. The lowest BCUT2D eigenvalue weighted by atomic mass is 10.0. The van der Waals surface area contributed by atoms with Crippen LogP contribution in [0.25, 0.3) is 0 Å². The van der Waals surface area contributed by atoms with Gasteiger partial charge in [-0.25, -0.2) is 0 Å². The van der Waals surface area contributed by atoms with E-state index in [1.807, 2.05) is 42.5 Å². The van der Waals surface area contributed by atoms with Gasteiger partial charge in [-0.3, -0.25) is 9.78 Å². The molecular weight excluding hydrogens is 380 g/mol. The monoisotopic (exact) mass is 404 g/mol. The van der Waals surface area contributed by atoms with Crippen LogP contribution in [-0.2, 0) is 9.53 Å². The number of likely N-dealkylation sites (tertiary alicyclic amines) is 1. The summed E-state index contributed by atoms with van der Waals surface area (Å²) in [5.41, 5.74) is 1.79. The van der Waals surface area contributed by atoms with Gasteiger partial charge in [-0.1, -0.05) is 29.8 Å². The van der Waals surface area contributed by atoms with E-state index in [0.717, 1.165) is 11.3 Å². The molecule has 1 aromatic heterocycles. The van der Waals surface area contributed by atoms with Crippen molar-refractivity contribution in [2.45, 2.75) is 37.9 Å². The van der Waals surface area contributed by atoms with Gasteiger partial charge >= 0.3 is 5.97 Å². The molecule has 7 heteroatoms. The van der Waals surface area contributed by atoms with Crippen molar-refractivity contribution >= 4 is 17.6 Å². The first kappa shape index (κ1) is 20.7. The fourth-order valence-corrected chi connectivity index (χ4v) is 3.70. The molecule has 1 saturated heterocycles. The van der Waals surface area contributed by atoms with Crippen molar-refractivity contribution in [3.05, 3.63) is 70.1 Å². The maximum absolute atomic E-state index is 12.8. The van der Waals surface area contributed by atoms with Crippen molar-refractivity contribution in [2.75, 3.05) is 19.6 Å². The summed E-state index contributed by atoms with van der Waals surface area (Å²) in [4.78, 5) is 15.1. The Morgan fingerprint density at radius 2 is 1.96 bits per heavy atom. The van der Waals surface area contributed by atoms with Crippen molar-refractivity contribution in [1.29, 1.82) is 0 Å². The summed E-state index contributed by atoms with van der Waals surface area (Å²) in [7, 11) is 0. The topological polar surface area (TPSA) is 82.5 Å².